The van der Waals surface area contributed by atoms with Crippen LogP contribution < -0.4 is 30.0 Å². The van der Waals surface area contributed by atoms with Crippen LogP contribution in [-0.4, -0.2) is 43.6 Å². The molecule has 31 heavy (non-hydrogen) atoms. The van der Waals surface area contributed by atoms with E-state index in [0.717, 1.165) is 0 Å². The lowest BCUT2D eigenvalue weighted by atomic mass is 10.1. The fraction of sp³-hybridized carbons (Fsp3) is 0.318. The molecular formula is C22H23N3O6. The van der Waals surface area contributed by atoms with E-state index in [0.29, 0.717) is 29.5 Å². The number of rotatable bonds is 5. The Morgan fingerprint density at radius 3 is 2.52 bits per heavy atom. The molecule has 2 heterocycles. The van der Waals surface area contributed by atoms with E-state index in [1.54, 1.807) is 47.4 Å². The molecule has 2 aromatic carbocycles. The number of para-hydroxylation sites is 2. The van der Waals surface area contributed by atoms with Crippen LogP contribution >= 0.6 is 0 Å². The highest BCUT2D eigenvalue weighted by Crippen LogP contribution is 2.31. The van der Waals surface area contributed by atoms with Crippen molar-refractivity contribution in [1.82, 2.24) is 10.9 Å². The number of ether oxygens (including phenoxy) is 3. The molecule has 2 aliphatic heterocycles. The van der Waals surface area contributed by atoms with Crippen LogP contribution in [0.15, 0.2) is 48.5 Å². The van der Waals surface area contributed by atoms with E-state index in [2.05, 4.69) is 10.9 Å². The standard InChI is InChI=1S/C22H23N3O6/c1-2-29-16-9-7-15(8-10-16)25-12-14(11-20(25)26)21(27)23-24-22(28)19-13-30-17-5-3-4-6-18(17)31-19/h3-10,14,19H,2,11-13H2,1H3,(H,23,27)(H,24,28)/t14-,19+/m0/s1. The van der Waals surface area contributed by atoms with Gasteiger partial charge in [-0.2, -0.15) is 0 Å². The van der Waals surface area contributed by atoms with Crippen molar-refractivity contribution in [2.45, 2.75) is 19.4 Å². The van der Waals surface area contributed by atoms with Crippen molar-refractivity contribution in [3.8, 4) is 17.2 Å². The van der Waals surface area contributed by atoms with Gasteiger partial charge < -0.3 is 19.1 Å². The number of anilines is 1. The SMILES string of the molecule is CCOc1ccc(N2C[C@@H](C(=O)NNC(=O)[C@H]3COc4ccccc4O3)CC2=O)cc1. The van der Waals surface area contributed by atoms with Crippen LogP contribution in [0.5, 0.6) is 17.2 Å². The first kappa shape index (κ1) is 20.5. The molecule has 0 aromatic heterocycles. The zero-order chi connectivity index (χ0) is 21.8. The highest BCUT2D eigenvalue weighted by Gasteiger charge is 2.36. The molecule has 2 atom stereocenters. The second-order valence-corrected chi connectivity index (χ2v) is 7.18. The summed E-state index contributed by atoms with van der Waals surface area (Å²) < 4.78 is 16.5. The molecule has 9 nitrogen and oxygen atoms in total. The van der Waals surface area contributed by atoms with Gasteiger partial charge in [-0.1, -0.05) is 12.1 Å². The largest absolute Gasteiger partial charge is 0.494 e. The van der Waals surface area contributed by atoms with E-state index in [4.69, 9.17) is 14.2 Å². The van der Waals surface area contributed by atoms with E-state index in [1.165, 1.54) is 0 Å². The van der Waals surface area contributed by atoms with Gasteiger partial charge in [0.25, 0.3) is 5.91 Å². The Bertz CT molecular complexity index is 977. The van der Waals surface area contributed by atoms with Crippen molar-refractivity contribution in [2.24, 2.45) is 5.92 Å². The first-order valence-corrected chi connectivity index (χ1v) is 10.1. The minimum absolute atomic E-state index is 0.0339. The lowest BCUT2D eigenvalue weighted by Crippen LogP contribution is -2.52. The first-order valence-electron chi connectivity index (χ1n) is 10.1. The Hall–Kier alpha value is -3.75. The molecule has 162 valence electrons. The van der Waals surface area contributed by atoms with Crippen LogP contribution in [-0.2, 0) is 14.4 Å². The maximum Gasteiger partial charge on any atom is 0.283 e. The summed E-state index contributed by atoms with van der Waals surface area (Å²) in [5, 5.41) is 0. The number of amides is 3. The molecule has 3 amide bonds. The minimum atomic E-state index is -0.888. The Morgan fingerprint density at radius 1 is 1.06 bits per heavy atom. The van der Waals surface area contributed by atoms with Gasteiger partial charge in [0.05, 0.1) is 12.5 Å². The number of hydrogen-bond donors (Lipinski definition) is 2. The van der Waals surface area contributed by atoms with Crippen molar-refractivity contribution in [3.63, 3.8) is 0 Å². The number of nitrogens with one attached hydrogen (secondary N) is 2. The molecule has 0 unspecified atom stereocenters. The summed E-state index contributed by atoms with van der Waals surface area (Å²) in [6.45, 7) is 2.71. The molecule has 9 heteroatoms. The monoisotopic (exact) mass is 425 g/mol. The van der Waals surface area contributed by atoms with Gasteiger partial charge in [0, 0.05) is 18.7 Å². The number of fused-ring (bicyclic) bond motifs is 1. The summed E-state index contributed by atoms with van der Waals surface area (Å²) in [6, 6.07) is 14.2. The summed E-state index contributed by atoms with van der Waals surface area (Å²) in [4.78, 5) is 38.8. The normalized spacial score (nSPS) is 19.6. The summed E-state index contributed by atoms with van der Waals surface area (Å²) in [7, 11) is 0. The predicted molar refractivity (Wildman–Crippen MR) is 111 cm³/mol. The van der Waals surface area contributed by atoms with Crippen molar-refractivity contribution < 1.29 is 28.6 Å². The number of carbonyl (C=O) groups excluding carboxylic acids is 3. The fourth-order valence-electron chi connectivity index (χ4n) is 3.48. The van der Waals surface area contributed by atoms with Crippen LogP contribution in [0.1, 0.15) is 13.3 Å². The Balaban J connectivity index is 1.29. The van der Waals surface area contributed by atoms with Gasteiger partial charge in [0.1, 0.15) is 12.4 Å². The van der Waals surface area contributed by atoms with Crippen LogP contribution in [0, 0.1) is 5.92 Å². The van der Waals surface area contributed by atoms with E-state index in [9.17, 15) is 14.4 Å². The van der Waals surface area contributed by atoms with Crippen LogP contribution in [0.4, 0.5) is 5.69 Å². The third-order valence-electron chi connectivity index (χ3n) is 5.07. The van der Waals surface area contributed by atoms with Gasteiger partial charge in [-0.3, -0.25) is 25.2 Å². The highest BCUT2D eigenvalue weighted by molar-refractivity contribution is 6.00. The summed E-state index contributed by atoms with van der Waals surface area (Å²) in [5.74, 6) is 0.0381. The number of benzene rings is 2. The molecule has 1 saturated heterocycles. The number of nitrogens with zero attached hydrogens (tertiary/aromatic N) is 1. The van der Waals surface area contributed by atoms with Gasteiger partial charge in [-0.25, -0.2) is 0 Å². The molecule has 2 N–H and O–H groups in total. The number of carbonyl (C=O) groups is 3. The molecule has 2 aromatic rings. The molecule has 2 aliphatic rings. The summed E-state index contributed by atoms with van der Waals surface area (Å²) in [5.41, 5.74) is 5.45. The van der Waals surface area contributed by atoms with Crippen LogP contribution in [0.25, 0.3) is 0 Å². The summed E-state index contributed by atoms with van der Waals surface area (Å²) >= 11 is 0. The second-order valence-electron chi connectivity index (χ2n) is 7.18. The third-order valence-corrected chi connectivity index (χ3v) is 5.07. The van der Waals surface area contributed by atoms with Crippen molar-refractivity contribution in [2.75, 3.05) is 24.7 Å². The molecule has 0 radical (unpaired) electrons. The van der Waals surface area contributed by atoms with E-state index in [1.807, 2.05) is 13.0 Å². The second kappa shape index (κ2) is 8.95. The van der Waals surface area contributed by atoms with Gasteiger partial charge in [0.2, 0.25) is 17.9 Å². The molecule has 0 saturated carbocycles. The molecule has 4 rings (SSSR count). The molecule has 0 spiro atoms. The fourth-order valence-corrected chi connectivity index (χ4v) is 3.48. The van der Waals surface area contributed by atoms with Crippen molar-refractivity contribution >= 4 is 23.4 Å². The van der Waals surface area contributed by atoms with Crippen molar-refractivity contribution in [1.29, 1.82) is 0 Å². The van der Waals surface area contributed by atoms with E-state index >= 15 is 0 Å². The van der Waals surface area contributed by atoms with E-state index in [-0.39, 0.29) is 25.5 Å². The first-order chi connectivity index (χ1) is 15.0. The third kappa shape index (κ3) is 4.55. The Morgan fingerprint density at radius 2 is 1.77 bits per heavy atom. The maximum atomic E-state index is 12.5. The van der Waals surface area contributed by atoms with Gasteiger partial charge >= 0.3 is 0 Å². The predicted octanol–water partition coefficient (Wildman–Crippen LogP) is 1.43. The maximum absolute atomic E-state index is 12.5. The quantitative estimate of drug-likeness (QED) is 0.702. The molecule has 0 bridgehead atoms. The Kier molecular flexibility index (Phi) is 5.92. The summed E-state index contributed by atoms with van der Waals surface area (Å²) in [6.07, 6.45) is -0.827. The highest BCUT2D eigenvalue weighted by atomic mass is 16.6. The van der Waals surface area contributed by atoms with Crippen molar-refractivity contribution in [3.05, 3.63) is 48.5 Å². The zero-order valence-electron chi connectivity index (χ0n) is 17.0. The van der Waals surface area contributed by atoms with Crippen LogP contribution in [0.3, 0.4) is 0 Å². The lowest BCUT2D eigenvalue weighted by molar-refractivity contribution is -0.136. The van der Waals surface area contributed by atoms with Gasteiger partial charge in [-0.15, -0.1) is 0 Å². The lowest BCUT2D eigenvalue weighted by Gasteiger charge is -2.25. The average molecular weight is 425 g/mol. The average Bonchev–Trinajstić information content (AvgIpc) is 3.19. The molecular weight excluding hydrogens is 402 g/mol. The van der Waals surface area contributed by atoms with Gasteiger partial charge in [0.15, 0.2) is 11.5 Å². The zero-order valence-corrected chi connectivity index (χ0v) is 17.0. The topological polar surface area (TPSA) is 106 Å². The molecule has 1 fully saturated rings. The van der Waals surface area contributed by atoms with E-state index < -0.39 is 23.8 Å². The smallest absolute Gasteiger partial charge is 0.283 e. The molecule has 0 aliphatic carbocycles. The van der Waals surface area contributed by atoms with Gasteiger partial charge in [-0.05, 0) is 43.3 Å². The minimum Gasteiger partial charge on any atom is -0.494 e. The number of hydrazine groups is 1. The Labute approximate surface area is 179 Å². The van der Waals surface area contributed by atoms with Crippen LogP contribution in [0.2, 0.25) is 0 Å². The number of hydrogen-bond acceptors (Lipinski definition) is 6.